The zero-order valence-electron chi connectivity index (χ0n) is 21.7. The van der Waals surface area contributed by atoms with Crippen molar-refractivity contribution in [3.8, 4) is 0 Å². The van der Waals surface area contributed by atoms with E-state index in [9.17, 15) is 22.0 Å². The quantitative estimate of drug-likeness (QED) is 0.281. The van der Waals surface area contributed by atoms with Gasteiger partial charge in [-0.3, -0.25) is 9.78 Å². The van der Waals surface area contributed by atoms with Crippen molar-refractivity contribution in [3.05, 3.63) is 107 Å². The van der Waals surface area contributed by atoms with E-state index in [0.717, 1.165) is 24.1 Å². The van der Waals surface area contributed by atoms with Gasteiger partial charge < -0.3 is 10.6 Å². The zero-order chi connectivity index (χ0) is 27.5. The highest BCUT2D eigenvalue weighted by Crippen LogP contribution is 2.31. The molecule has 0 bridgehead atoms. The molecular weight excluding hydrogens is 508 g/mol. The molecule has 2 atom stereocenters. The second-order valence-electron chi connectivity index (χ2n) is 9.12. The highest BCUT2D eigenvalue weighted by atomic mass is 32.2. The molecule has 0 fully saturated rings. The SMILES string of the molecule is CCCCS(=O)(=O)C(c1cc(F)cc(F)c1)[C@H]([CH]CNCc1cccc(CC)c1)NC(=O)c1cccnc1. The Hall–Kier alpha value is -3.17. The summed E-state index contributed by atoms with van der Waals surface area (Å²) in [5.74, 6) is -2.50. The number of hydrogen-bond acceptors (Lipinski definition) is 5. The fraction of sp³-hybridized carbons (Fsp3) is 0.345. The molecule has 3 aromatic rings. The number of amides is 1. The molecule has 6 nitrogen and oxygen atoms in total. The van der Waals surface area contributed by atoms with Crippen LogP contribution >= 0.6 is 0 Å². The van der Waals surface area contributed by atoms with E-state index >= 15 is 0 Å². The lowest BCUT2D eigenvalue weighted by molar-refractivity contribution is 0.0940. The second kappa shape index (κ2) is 14.1. The third kappa shape index (κ3) is 8.43. The van der Waals surface area contributed by atoms with E-state index in [1.807, 2.05) is 25.1 Å². The number of halogens is 2. The Bertz CT molecular complexity index is 1280. The van der Waals surface area contributed by atoms with Gasteiger partial charge in [0.15, 0.2) is 9.84 Å². The van der Waals surface area contributed by atoms with Gasteiger partial charge in [0.2, 0.25) is 0 Å². The van der Waals surface area contributed by atoms with E-state index in [2.05, 4.69) is 28.6 Å². The maximum absolute atomic E-state index is 14.2. The average Bonchev–Trinajstić information content (AvgIpc) is 2.89. The molecular formula is C29H34F2N3O3S. The maximum atomic E-state index is 14.2. The largest absolute Gasteiger partial charge is 0.347 e. The Morgan fingerprint density at radius 3 is 2.42 bits per heavy atom. The van der Waals surface area contributed by atoms with E-state index in [4.69, 9.17) is 0 Å². The summed E-state index contributed by atoms with van der Waals surface area (Å²) in [7, 11) is -3.92. The number of benzene rings is 2. The minimum absolute atomic E-state index is 0.0537. The lowest BCUT2D eigenvalue weighted by atomic mass is 10.0. The van der Waals surface area contributed by atoms with Crippen LogP contribution in [0.3, 0.4) is 0 Å². The molecule has 9 heteroatoms. The number of sulfone groups is 1. The van der Waals surface area contributed by atoms with E-state index < -0.39 is 38.7 Å². The first-order valence-electron chi connectivity index (χ1n) is 12.7. The number of nitrogens with one attached hydrogen (secondary N) is 2. The topological polar surface area (TPSA) is 88.2 Å². The smallest absolute Gasteiger partial charge is 0.253 e. The Labute approximate surface area is 223 Å². The molecule has 2 aromatic carbocycles. The number of carbonyl (C=O) groups excluding carboxylic acids is 1. The van der Waals surface area contributed by atoms with Crippen molar-refractivity contribution in [3.63, 3.8) is 0 Å². The van der Waals surface area contributed by atoms with E-state index in [0.29, 0.717) is 25.5 Å². The number of pyridine rings is 1. The third-order valence-corrected chi connectivity index (χ3v) is 8.37. The highest BCUT2D eigenvalue weighted by molar-refractivity contribution is 7.91. The lowest BCUT2D eigenvalue weighted by Gasteiger charge is -2.29. The van der Waals surface area contributed by atoms with Crippen LogP contribution in [0.4, 0.5) is 8.78 Å². The van der Waals surface area contributed by atoms with E-state index in [-0.39, 0.29) is 23.4 Å². The standard InChI is InChI=1S/C29H34F2N3O3S/c1-3-5-14-38(36,37)28(24-16-25(30)18-26(31)17-24)27(34-29(35)23-10-7-12-32-20-23)11-13-33-19-22-9-6-8-21(4-2)15-22/h6-12,15-18,20,27-28,33H,3-5,13-14,19H2,1-2H3,(H,34,35)/t27-,28?/m0/s1. The van der Waals surface area contributed by atoms with Crippen molar-refractivity contribution < 1.29 is 22.0 Å². The van der Waals surface area contributed by atoms with Gasteiger partial charge in [-0.05, 0) is 60.2 Å². The summed E-state index contributed by atoms with van der Waals surface area (Å²) >= 11 is 0. The van der Waals surface area contributed by atoms with Gasteiger partial charge in [-0.15, -0.1) is 0 Å². The molecule has 203 valence electrons. The number of aromatic nitrogens is 1. The minimum Gasteiger partial charge on any atom is -0.347 e. The van der Waals surface area contributed by atoms with Gasteiger partial charge in [0.05, 0.1) is 17.4 Å². The highest BCUT2D eigenvalue weighted by Gasteiger charge is 2.36. The second-order valence-corrected chi connectivity index (χ2v) is 11.4. The van der Waals surface area contributed by atoms with Crippen molar-refractivity contribution in [1.82, 2.24) is 15.6 Å². The molecule has 1 radical (unpaired) electrons. The van der Waals surface area contributed by atoms with Crippen molar-refractivity contribution in [2.45, 2.75) is 50.9 Å². The van der Waals surface area contributed by atoms with Crippen LogP contribution in [0.25, 0.3) is 0 Å². The average molecular weight is 543 g/mol. The van der Waals surface area contributed by atoms with Crippen LogP contribution in [-0.4, -0.2) is 37.6 Å². The Morgan fingerprint density at radius 1 is 1.03 bits per heavy atom. The zero-order valence-corrected chi connectivity index (χ0v) is 22.5. The number of hydrogen-bond donors (Lipinski definition) is 2. The van der Waals surface area contributed by atoms with Gasteiger partial charge in [0.25, 0.3) is 5.91 Å². The summed E-state index contributed by atoms with van der Waals surface area (Å²) < 4.78 is 55.5. The van der Waals surface area contributed by atoms with Gasteiger partial charge in [-0.25, -0.2) is 17.2 Å². The van der Waals surface area contributed by atoms with Gasteiger partial charge in [-0.1, -0.05) is 44.5 Å². The fourth-order valence-corrected chi connectivity index (χ4v) is 6.35. The summed E-state index contributed by atoms with van der Waals surface area (Å²) in [4.78, 5) is 17.0. The molecule has 1 unspecified atom stereocenters. The molecule has 0 aliphatic rings. The summed E-state index contributed by atoms with van der Waals surface area (Å²) in [5, 5.41) is 4.65. The fourth-order valence-electron chi connectivity index (χ4n) is 4.23. The normalized spacial score (nSPS) is 13.2. The predicted molar refractivity (Wildman–Crippen MR) is 145 cm³/mol. The monoisotopic (exact) mass is 542 g/mol. The van der Waals surface area contributed by atoms with Crippen LogP contribution in [0.5, 0.6) is 0 Å². The first-order chi connectivity index (χ1) is 18.2. The molecule has 3 rings (SSSR count). The molecule has 1 heterocycles. The van der Waals surface area contributed by atoms with Crippen molar-refractivity contribution in [2.75, 3.05) is 12.3 Å². The number of rotatable bonds is 14. The first-order valence-corrected chi connectivity index (χ1v) is 14.4. The Balaban J connectivity index is 1.91. The maximum Gasteiger partial charge on any atom is 0.253 e. The third-order valence-electron chi connectivity index (χ3n) is 6.18. The molecule has 0 aliphatic heterocycles. The lowest BCUT2D eigenvalue weighted by Crippen LogP contribution is -2.44. The van der Waals surface area contributed by atoms with Crippen LogP contribution in [0, 0.1) is 18.1 Å². The van der Waals surface area contributed by atoms with Crippen LogP contribution in [0.15, 0.2) is 67.0 Å². The molecule has 0 aliphatic carbocycles. The van der Waals surface area contributed by atoms with Gasteiger partial charge in [0.1, 0.15) is 16.9 Å². The molecule has 0 spiro atoms. The first kappa shape index (κ1) is 29.4. The summed E-state index contributed by atoms with van der Waals surface area (Å²) in [6, 6.07) is 12.9. The summed E-state index contributed by atoms with van der Waals surface area (Å²) in [6.45, 7) is 4.70. The summed E-state index contributed by atoms with van der Waals surface area (Å²) in [5.41, 5.74) is 2.45. The van der Waals surface area contributed by atoms with Crippen LogP contribution < -0.4 is 10.6 Å². The van der Waals surface area contributed by atoms with Gasteiger partial charge in [-0.2, -0.15) is 0 Å². The van der Waals surface area contributed by atoms with Crippen molar-refractivity contribution in [1.29, 1.82) is 0 Å². The molecule has 38 heavy (non-hydrogen) atoms. The Morgan fingerprint density at radius 2 is 1.76 bits per heavy atom. The number of carbonyl (C=O) groups is 1. The van der Waals surface area contributed by atoms with Gasteiger partial charge >= 0.3 is 0 Å². The van der Waals surface area contributed by atoms with Crippen LogP contribution in [0.2, 0.25) is 0 Å². The predicted octanol–water partition coefficient (Wildman–Crippen LogP) is 4.97. The molecule has 2 N–H and O–H groups in total. The minimum atomic E-state index is -3.92. The van der Waals surface area contributed by atoms with Crippen molar-refractivity contribution in [2.24, 2.45) is 0 Å². The molecule has 0 saturated heterocycles. The van der Waals surface area contributed by atoms with Crippen molar-refractivity contribution >= 4 is 15.7 Å². The summed E-state index contributed by atoms with van der Waals surface area (Å²) in [6.07, 6.45) is 6.43. The van der Waals surface area contributed by atoms with Crippen LogP contribution in [-0.2, 0) is 22.8 Å². The molecule has 0 saturated carbocycles. The Kier molecular flexibility index (Phi) is 10.9. The molecule has 1 amide bonds. The molecule has 1 aromatic heterocycles. The van der Waals surface area contributed by atoms with Gasteiger partial charge in [0, 0.05) is 31.5 Å². The number of nitrogens with zero attached hydrogens (tertiary/aromatic N) is 1. The van der Waals surface area contributed by atoms with Crippen LogP contribution in [0.1, 0.15) is 59.0 Å². The number of aryl methyl sites for hydroxylation is 1. The number of unbranched alkanes of at least 4 members (excludes halogenated alkanes) is 1. The van der Waals surface area contributed by atoms with E-state index in [1.54, 1.807) is 18.6 Å². The van der Waals surface area contributed by atoms with E-state index in [1.165, 1.54) is 18.0 Å².